The third kappa shape index (κ3) is 1.61. The Labute approximate surface area is 104 Å². The molecule has 1 heterocycles. The number of anilines is 1. The highest BCUT2D eigenvalue weighted by Gasteiger charge is 2.34. The molecule has 0 aromatic heterocycles. The van der Waals surface area contributed by atoms with Gasteiger partial charge in [0.2, 0.25) is 5.91 Å². The van der Waals surface area contributed by atoms with Crippen molar-refractivity contribution in [3.05, 3.63) is 65.7 Å². The van der Waals surface area contributed by atoms with E-state index in [2.05, 4.69) is 5.32 Å². The van der Waals surface area contributed by atoms with Gasteiger partial charge >= 0.3 is 0 Å². The Morgan fingerprint density at radius 2 is 1.50 bits per heavy atom. The van der Waals surface area contributed by atoms with Gasteiger partial charge in [0.1, 0.15) is 5.92 Å². The molecule has 1 atom stereocenters. The van der Waals surface area contributed by atoms with E-state index in [1.54, 1.807) is 36.4 Å². The molecule has 1 unspecified atom stereocenters. The number of rotatable bonds is 1. The average Bonchev–Trinajstić information content (AvgIpc) is 2.40. The molecule has 2 aromatic rings. The van der Waals surface area contributed by atoms with Gasteiger partial charge in [-0.1, -0.05) is 42.5 Å². The highest BCUT2D eigenvalue weighted by atomic mass is 16.2. The van der Waals surface area contributed by atoms with Crippen LogP contribution in [0.4, 0.5) is 5.69 Å². The number of benzene rings is 2. The lowest BCUT2D eigenvalue weighted by Crippen LogP contribution is -2.33. The fourth-order valence-corrected chi connectivity index (χ4v) is 2.23. The average molecular weight is 237 g/mol. The van der Waals surface area contributed by atoms with Crippen LogP contribution in [0.1, 0.15) is 21.8 Å². The van der Waals surface area contributed by atoms with Crippen LogP contribution in [0.3, 0.4) is 0 Å². The number of fused-ring (bicyclic) bond motifs is 1. The quantitative estimate of drug-likeness (QED) is 0.775. The van der Waals surface area contributed by atoms with Crippen LogP contribution >= 0.6 is 0 Å². The summed E-state index contributed by atoms with van der Waals surface area (Å²) < 4.78 is 0. The van der Waals surface area contributed by atoms with Crippen molar-refractivity contribution in [1.29, 1.82) is 0 Å². The van der Waals surface area contributed by atoms with Crippen LogP contribution in [-0.2, 0) is 4.79 Å². The zero-order valence-corrected chi connectivity index (χ0v) is 9.59. The van der Waals surface area contributed by atoms with E-state index in [9.17, 15) is 9.59 Å². The molecule has 1 aliphatic heterocycles. The second-order valence-corrected chi connectivity index (χ2v) is 4.24. The second-order valence-electron chi connectivity index (χ2n) is 4.24. The van der Waals surface area contributed by atoms with Gasteiger partial charge in [-0.2, -0.15) is 0 Å². The van der Waals surface area contributed by atoms with E-state index in [1.165, 1.54) is 0 Å². The molecule has 3 heteroatoms. The van der Waals surface area contributed by atoms with Gasteiger partial charge in [-0.25, -0.2) is 0 Å². The first-order valence-corrected chi connectivity index (χ1v) is 5.76. The number of Topliss-reactive ketones (excluding diaryl/α,β-unsaturated/α-hetero) is 1. The van der Waals surface area contributed by atoms with Crippen LogP contribution in [0.25, 0.3) is 0 Å². The minimum atomic E-state index is -0.735. The summed E-state index contributed by atoms with van der Waals surface area (Å²) in [5.74, 6) is -1.13. The van der Waals surface area contributed by atoms with Crippen LogP contribution in [-0.4, -0.2) is 11.7 Å². The van der Waals surface area contributed by atoms with Crippen LogP contribution in [0, 0.1) is 0 Å². The molecule has 3 rings (SSSR count). The summed E-state index contributed by atoms with van der Waals surface area (Å²) in [6.07, 6.45) is 0. The molecule has 0 radical (unpaired) electrons. The van der Waals surface area contributed by atoms with Crippen LogP contribution in [0.15, 0.2) is 54.6 Å². The summed E-state index contributed by atoms with van der Waals surface area (Å²) in [7, 11) is 0. The molecule has 0 saturated heterocycles. The van der Waals surface area contributed by atoms with Gasteiger partial charge in [-0.15, -0.1) is 0 Å². The lowest BCUT2D eigenvalue weighted by Gasteiger charge is -2.23. The number of carbonyl (C=O) groups is 2. The van der Waals surface area contributed by atoms with Gasteiger partial charge in [0.15, 0.2) is 5.78 Å². The number of amides is 1. The molecule has 0 aliphatic carbocycles. The summed E-state index contributed by atoms with van der Waals surface area (Å²) in [4.78, 5) is 24.4. The van der Waals surface area contributed by atoms with Crippen molar-refractivity contribution in [2.24, 2.45) is 0 Å². The predicted octanol–water partition coefficient (Wildman–Crippen LogP) is 2.61. The zero-order chi connectivity index (χ0) is 12.5. The van der Waals surface area contributed by atoms with Gasteiger partial charge in [0, 0.05) is 5.56 Å². The molecule has 0 fully saturated rings. The molecule has 1 aliphatic rings. The summed E-state index contributed by atoms with van der Waals surface area (Å²) in [5, 5.41) is 2.78. The number of hydrogen-bond donors (Lipinski definition) is 1. The van der Waals surface area contributed by atoms with Crippen molar-refractivity contribution in [2.45, 2.75) is 5.92 Å². The van der Waals surface area contributed by atoms with Crippen molar-refractivity contribution < 1.29 is 9.59 Å². The molecule has 0 saturated carbocycles. The Bertz CT molecular complexity index is 619. The monoisotopic (exact) mass is 237 g/mol. The molecule has 0 spiro atoms. The van der Waals surface area contributed by atoms with Gasteiger partial charge in [-0.3, -0.25) is 9.59 Å². The fraction of sp³-hybridized carbons (Fsp3) is 0.0667. The number of ketones is 1. The van der Waals surface area contributed by atoms with E-state index in [0.29, 0.717) is 11.3 Å². The number of para-hydroxylation sites is 1. The smallest absolute Gasteiger partial charge is 0.239 e. The summed E-state index contributed by atoms with van der Waals surface area (Å²) in [6.45, 7) is 0. The lowest BCUT2D eigenvalue weighted by atomic mass is 9.86. The first-order chi connectivity index (χ1) is 8.77. The van der Waals surface area contributed by atoms with E-state index in [0.717, 1.165) is 5.56 Å². The van der Waals surface area contributed by atoms with Gasteiger partial charge in [0.05, 0.1) is 5.69 Å². The molecule has 2 aromatic carbocycles. The van der Waals surface area contributed by atoms with E-state index < -0.39 is 5.92 Å². The van der Waals surface area contributed by atoms with Crippen LogP contribution in [0.2, 0.25) is 0 Å². The number of hydrogen-bond acceptors (Lipinski definition) is 2. The van der Waals surface area contributed by atoms with Crippen LogP contribution < -0.4 is 5.32 Å². The van der Waals surface area contributed by atoms with Crippen molar-refractivity contribution in [3.8, 4) is 0 Å². The van der Waals surface area contributed by atoms with E-state index in [-0.39, 0.29) is 11.7 Å². The van der Waals surface area contributed by atoms with Gasteiger partial charge in [-0.05, 0) is 17.7 Å². The van der Waals surface area contributed by atoms with Crippen molar-refractivity contribution >= 4 is 17.4 Å². The van der Waals surface area contributed by atoms with E-state index >= 15 is 0 Å². The highest BCUT2D eigenvalue weighted by Crippen LogP contribution is 2.30. The molecule has 0 bridgehead atoms. The Hall–Kier alpha value is -2.42. The topological polar surface area (TPSA) is 46.2 Å². The third-order valence-electron chi connectivity index (χ3n) is 3.11. The molecule has 1 N–H and O–H groups in total. The SMILES string of the molecule is O=C1Nc2ccccc2C(=O)C1c1ccccc1. The first kappa shape index (κ1) is 10.7. The maximum atomic E-state index is 12.4. The fourth-order valence-electron chi connectivity index (χ4n) is 2.23. The molecule has 18 heavy (non-hydrogen) atoms. The summed E-state index contributed by atoms with van der Waals surface area (Å²) in [5.41, 5.74) is 1.90. The Morgan fingerprint density at radius 1 is 0.833 bits per heavy atom. The molecule has 88 valence electrons. The minimum Gasteiger partial charge on any atom is -0.324 e. The van der Waals surface area contributed by atoms with Gasteiger partial charge in [0.25, 0.3) is 0 Å². The Morgan fingerprint density at radius 3 is 2.28 bits per heavy atom. The maximum Gasteiger partial charge on any atom is 0.239 e. The van der Waals surface area contributed by atoms with E-state index in [1.807, 2.05) is 18.2 Å². The largest absolute Gasteiger partial charge is 0.324 e. The summed E-state index contributed by atoms with van der Waals surface area (Å²) in [6, 6.07) is 16.2. The molecule has 1 amide bonds. The Balaban J connectivity index is 2.09. The first-order valence-electron chi connectivity index (χ1n) is 5.76. The van der Waals surface area contributed by atoms with Crippen molar-refractivity contribution in [3.63, 3.8) is 0 Å². The number of nitrogens with one attached hydrogen (secondary N) is 1. The third-order valence-corrected chi connectivity index (χ3v) is 3.11. The predicted molar refractivity (Wildman–Crippen MR) is 68.6 cm³/mol. The second kappa shape index (κ2) is 4.11. The van der Waals surface area contributed by atoms with E-state index in [4.69, 9.17) is 0 Å². The number of carbonyl (C=O) groups excluding carboxylic acids is 2. The molecule has 3 nitrogen and oxygen atoms in total. The Kier molecular flexibility index (Phi) is 2.45. The minimum absolute atomic E-state index is 0.138. The lowest BCUT2D eigenvalue weighted by molar-refractivity contribution is -0.116. The van der Waals surface area contributed by atoms with Crippen molar-refractivity contribution in [1.82, 2.24) is 0 Å². The summed E-state index contributed by atoms with van der Waals surface area (Å²) >= 11 is 0. The van der Waals surface area contributed by atoms with Crippen LogP contribution in [0.5, 0.6) is 0 Å². The maximum absolute atomic E-state index is 12.4. The standard InChI is InChI=1S/C15H11NO2/c17-14-11-8-4-5-9-12(11)16-15(18)13(14)10-6-2-1-3-7-10/h1-9,13H,(H,16,18). The zero-order valence-electron chi connectivity index (χ0n) is 9.59. The molecular formula is C15H11NO2. The van der Waals surface area contributed by atoms with Gasteiger partial charge < -0.3 is 5.32 Å². The van der Waals surface area contributed by atoms with Crippen molar-refractivity contribution in [2.75, 3.05) is 5.32 Å². The normalized spacial score (nSPS) is 18.1. The molecular weight excluding hydrogens is 226 g/mol. The highest BCUT2D eigenvalue weighted by molar-refractivity contribution is 6.24.